The molecule has 0 aliphatic carbocycles. The van der Waals surface area contributed by atoms with Crippen LogP contribution in [0.15, 0.2) is 22.7 Å². The number of carbonyl (C=O) groups is 1. The van der Waals surface area contributed by atoms with Gasteiger partial charge in [0.25, 0.3) is 0 Å². The summed E-state index contributed by atoms with van der Waals surface area (Å²) in [5, 5.41) is 15.7. The zero-order chi connectivity index (χ0) is 12.3. The van der Waals surface area contributed by atoms with Gasteiger partial charge in [-0.2, -0.15) is 0 Å². The van der Waals surface area contributed by atoms with E-state index in [9.17, 15) is 9.90 Å². The number of rotatable bonds is 2. The number of piperidine rings is 1. The maximum Gasteiger partial charge on any atom is 0.228 e. The van der Waals surface area contributed by atoms with Gasteiger partial charge in [0.2, 0.25) is 5.91 Å². The van der Waals surface area contributed by atoms with Crippen molar-refractivity contribution in [3.05, 3.63) is 22.7 Å². The molecule has 2 rings (SSSR count). The van der Waals surface area contributed by atoms with Crippen LogP contribution in [0.1, 0.15) is 12.8 Å². The van der Waals surface area contributed by atoms with Crippen LogP contribution in [-0.2, 0) is 4.79 Å². The molecule has 3 N–H and O–H groups in total. The second kappa shape index (κ2) is 5.51. The third-order valence-electron chi connectivity index (χ3n) is 2.91. The van der Waals surface area contributed by atoms with Gasteiger partial charge in [0.1, 0.15) is 0 Å². The minimum atomic E-state index is -0.0365. The molecule has 0 aromatic heterocycles. The summed E-state index contributed by atoms with van der Waals surface area (Å²) in [7, 11) is 0. The summed E-state index contributed by atoms with van der Waals surface area (Å²) >= 11 is 3.22. The summed E-state index contributed by atoms with van der Waals surface area (Å²) in [6.07, 6.45) is 1.91. The first-order chi connectivity index (χ1) is 8.18. The van der Waals surface area contributed by atoms with E-state index >= 15 is 0 Å². The lowest BCUT2D eigenvalue weighted by Gasteiger charge is -2.22. The van der Waals surface area contributed by atoms with Crippen molar-refractivity contribution < 1.29 is 9.90 Å². The molecule has 1 aliphatic rings. The number of nitrogens with one attached hydrogen (secondary N) is 2. The molecule has 1 fully saturated rings. The number of para-hydroxylation sites is 1. The van der Waals surface area contributed by atoms with E-state index in [0.717, 1.165) is 19.4 Å². The van der Waals surface area contributed by atoms with E-state index in [2.05, 4.69) is 26.6 Å². The van der Waals surface area contributed by atoms with E-state index < -0.39 is 0 Å². The number of phenols is 1. The second-order valence-corrected chi connectivity index (χ2v) is 5.02. The van der Waals surface area contributed by atoms with Crippen molar-refractivity contribution in [1.82, 2.24) is 5.32 Å². The number of benzene rings is 1. The van der Waals surface area contributed by atoms with Crippen LogP contribution in [0.5, 0.6) is 5.75 Å². The van der Waals surface area contributed by atoms with Gasteiger partial charge >= 0.3 is 0 Å². The van der Waals surface area contributed by atoms with E-state index in [1.54, 1.807) is 18.2 Å². The van der Waals surface area contributed by atoms with Crippen LogP contribution in [0.3, 0.4) is 0 Å². The fraction of sp³-hybridized carbons (Fsp3) is 0.417. The van der Waals surface area contributed by atoms with E-state index in [-0.39, 0.29) is 17.6 Å². The molecule has 0 unspecified atom stereocenters. The summed E-state index contributed by atoms with van der Waals surface area (Å²) < 4.78 is 0.581. The number of hydrogen-bond donors (Lipinski definition) is 3. The molecule has 1 amide bonds. The monoisotopic (exact) mass is 298 g/mol. The number of amides is 1. The van der Waals surface area contributed by atoms with E-state index in [4.69, 9.17) is 0 Å². The Morgan fingerprint density at radius 1 is 1.53 bits per heavy atom. The highest BCUT2D eigenvalue weighted by atomic mass is 79.9. The Labute approximate surface area is 109 Å². The molecule has 0 radical (unpaired) electrons. The molecule has 0 spiro atoms. The number of halogens is 1. The van der Waals surface area contributed by atoms with Crippen molar-refractivity contribution in [2.24, 2.45) is 5.92 Å². The van der Waals surface area contributed by atoms with E-state index in [0.29, 0.717) is 16.7 Å². The van der Waals surface area contributed by atoms with Crippen molar-refractivity contribution in [2.45, 2.75) is 12.8 Å². The summed E-state index contributed by atoms with van der Waals surface area (Å²) in [5.74, 6) is 0.0253. The standard InChI is InChI=1S/C12H15BrN2O2/c13-9-4-1-5-10(11(9)16)15-12(17)8-3-2-6-14-7-8/h1,4-5,8,14,16H,2-3,6-7H2,(H,15,17)/t8-/m1/s1. The Bertz CT molecular complexity index is 417. The SMILES string of the molecule is O=C(Nc1cccc(Br)c1O)[C@@H]1CCCNC1. The van der Waals surface area contributed by atoms with Crippen molar-refractivity contribution in [3.63, 3.8) is 0 Å². The highest BCUT2D eigenvalue weighted by Gasteiger charge is 2.21. The minimum Gasteiger partial charge on any atom is -0.505 e. The normalized spacial score (nSPS) is 19.9. The van der Waals surface area contributed by atoms with Crippen molar-refractivity contribution >= 4 is 27.5 Å². The van der Waals surface area contributed by atoms with Crippen LogP contribution in [0.25, 0.3) is 0 Å². The van der Waals surface area contributed by atoms with E-state index in [1.807, 2.05) is 0 Å². The molecular formula is C12H15BrN2O2. The molecule has 1 heterocycles. The largest absolute Gasteiger partial charge is 0.505 e. The lowest BCUT2D eigenvalue weighted by molar-refractivity contribution is -0.120. The first-order valence-corrected chi connectivity index (χ1v) is 6.47. The van der Waals surface area contributed by atoms with Crippen LogP contribution < -0.4 is 10.6 Å². The second-order valence-electron chi connectivity index (χ2n) is 4.17. The van der Waals surface area contributed by atoms with Crippen LogP contribution in [0.4, 0.5) is 5.69 Å². The highest BCUT2D eigenvalue weighted by Crippen LogP contribution is 2.31. The van der Waals surface area contributed by atoms with E-state index in [1.165, 1.54) is 0 Å². The number of hydrogen-bond acceptors (Lipinski definition) is 3. The molecule has 0 bridgehead atoms. The van der Waals surface area contributed by atoms with Crippen LogP contribution >= 0.6 is 15.9 Å². The third-order valence-corrected chi connectivity index (χ3v) is 3.55. The average Bonchev–Trinajstić information content (AvgIpc) is 2.36. The zero-order valence-corrected chi connectivity index (χ0v) is 11.0. The fourth-order valence-electron chi connectivity index (χ4n) is 1.93. The first kappa shape index (κ1) is 12.4. The molecule has 92 valence electrons. The summed E-state index contributed by atoms with van der Waals surface area (Å²) in [6.45, 7) is 1.69. The first-order valence-electron chi connectivity index (χ1n) is 5.67. The predicted octanol–water partition coefficient (Wildman–Crippen LogP) is 2.09. The molecular weight excluding hydrogens is 284 g/mol. The Kier molecular flexibility index (Phi) is 4.02. The fourth-order valence-corrected chi connectivity index (χ4v) is 2.29. The third kappa shape index (κ3) is 2.98. The maximum atomic E-state index is 12.0. The summed E-state index contributed by atoms with van der Waals surface area (Å²) in [6, 6.07) is 5.19. The van der Waals surface area contributed by atoms with Gasteiger partial charge in [0.15, 0.2) is 5.75 Å². The minimum absolute atomic E-state index is 0.0119. The molecule has 1 aliphatic heterocycles. The van der Waals surface area contributed by atoms with Gasteiger partial charge in [-0.05, 0) is 47.4 Å². The highest BCUT2D eigenvalue weighted by molar-refractivity contribution is 9.10. The van der Waals surface area contributed by atoms with Crippen molar-refractivity contribution in [2.75, 3.05) is 18.4 Å². The van der Waals surface area contributed by atoms with Gasteiger partial charge in [-0.15, -0.1) is 0 Å². The van der Waals surface area contributed by atoms with Crippen LogP contribution in [0.2, 0.25) is 0 Å². The maximum absolute atomic E-state index is 12.0. The molecule has 0 saturated carbocycles. The Balaban J connectivity index is 2.04. The van der Waals surface area contributed by atoms with Crippen LogP contribution in [0, 0.1) is 5.92 Å². The molecule has 5 heteroatoms. The van der Waals surface area contributed by atoms with Gasteiger partial charge in [0.05, 0.1) is 16.1 Å². The Morgan fingerprint density at radius 2 is 2.35 bits per heavy atom. The molecule has 1 aromatic rings. The molecule has 4 nitrogen and oxygen atoms in total. The summed E-state index contributed by atoms with van der Waals surface area (Å²) in [5.41, 5.74) is 0.454. The number of phenolic OH excluding ortho intramolecular Hbond substituents is 1. The molecule has 17 heavy (non-hydrogen) atoms. The summed E-state index contributed by atoms with van der Waals surface area (Å²) in [4.78, 5) is 12.0. The van der Waals surface area contributed by atoms with Gasteiger partial charge in [-0.25, -0.2) is 0 Å². The zero-order valence-electron chi connectivity index (χ0n) is 9.37. The Hall–Kier alpha value is -1.07. The lowest BCUT2D eigenvalue weighted by Crippen LogP contribution is -2.37. The average molecular weight is 299 g/mol. The smallest absolute Gasteiger partial charge is 0.228 e. The lowest BCUT2D eigenvalue weighted by atomic mass is 9.99. The van der Waals surface area contributed by atoms with Crippen molar-refractivity contribution in [1.29, 1.82) is 0 Å². The molecule has 1 aromatic carbocycles. The van der Waals surface area contributed by atoms with Crippen LogP contribution in [-0.4, -0.2) is 24.1 Å². The topological polar surface area (TPSA) is 61.4 Å². The predicted molar refractivity (Wildman–Crippen MR) is 70.0 cm³/mol. The van der Waals surface area contributed by atoms with Gasteiger partial charge in [-0.1, -0.05) is 6.07 Å². The number of carbonyl (C=O) groups excluding carboxylic acids is 1. The van der Waals surface area contributed by atoms with Crippen molar-refractivity contribution in [3.8, 4) is 5.75 Å². The Morgan fingerprint density at radius 3 is 3.06 bits per heavy atom. The van der Waals surface area contributed by atoms with Gasteiger partial charge < -0.3 is 15.7 Å². The molecule has 1 saturated heterocycles. The number of anilines is 1. The van der Waals surface area contributed by atoms with Gasteiger partial charge in [0, 0.05) is 6.54 Å². The quantitative estimate of drug-likeness (QED) is 0.733. The van der Waals surface area contributed by atoms with Gasteiger partial charge in [-0.3, -0.25) is 4.79 Å². The molecule has 1 atom stereocenters. The number of aromatic hydroxyl groups is 1.